The summed E-state index contributed by atoms with van der Waals surface area (Å²) in [6, 6.07) is 0. The lowest BCUT2D eigenvalue weighted by molar-refractivity contribution is 0.113. The maximum absolute atomic E-state index is 10.0. The van der Waals surface area contributed by atoms with Gasteiger partial charge in [0.15, 0.2) is 0 Å². The molecule has 86 valence electrons. The molecule has 1 N–H and O–H groups in total. The van der Waals surface area contributed by atoms with E-state index in [4.69, 9.17) is 0 Å². The van der Waals surface area contributed by atoms with Gasteiger partial charge < -0.3 is 5.11 Å². The molecule has 0 aromatic heterocycles. The minimum atomic E-state index is -1.36. The molecule has 0 spiro atoms. The summed E-state index contributed by atoms with van der Waals surface area (Å²) in [7, 11) is -1.36. The summed E-state index contributed by atoms with van der Waals surface area (Å²) in [5.41, 5.74) is 3.69. The van der Waals surface area contributed by atoms with Crippen LogP contribution in [0, 0.1) is 11.5 Å². The minimum Gasteiger partial charge on any atom is -0.378 e. The Balaban J connectivity index is 4.29. The van der Waals surface area contributed by atoms with Crippen molar-refractivity contribution in [1.82, 2.24) is 0 Å². The Kier molecular flexibility index (Phi) is 5.34. The third-order valence-electron chi connectivity index (χ3n) is 1.89. The Bertz CT molecular complexity index is 280. The second kappa shape index (κ2) is 5.53. The maximum atomic E-state index is 10.0. The molecule has 0 amide bonds. The molecule has 0 aliphatic heterocycles. The molecule has 1 atom stereocenters. The van der Waals surface area contributed by atoms with E-state index < -0.39 is 13.7 Å². The Morgan fingerprint density at radius 3 is 2.27 bits per heavy atom. The monoisotopic (exact) mass is 224 g/mol. The summed E-state index contributed by atoms with van der Waals surface area (Å²) < 4.78 is 0. The SMILES string of the molecule is CC(C)=CCCC(C)(O)C#C[Si](C)(C)C. The van der Waals surface area contributed by atoms with Crippen molar-refractivity contribution in [3.63, 3.8) is 0 Å². The van der Waals surface area contributed by atoms with Crippen molar-refractivity contribution in [3.8, 4) is 11.5 Å². The van der Waals surface area contributed by atoms with E-state index >= 15 is 0 Å². The van der Waals surface area contributed by atoms with Crippen LogP contribution in [0.1, 0.15) is 33.6 Å². The van der Waals surface area contributed by atoms with E-state index in [-0.39, 0.29) is 0 Å². The van der Waals surface area contributed by atoms with Crippen LogP contribution in [0.5, 0.6) is 0 Å². The van der Waals surface area contributed by atoms with Gasteiger partial charge in [0.05, 0.1) is 0 Å². The van der Waals surface area contributed by atoms with Gasteiger partial charge in [0.2, 0.25) is 0 Å². The van der Waals surface area contributed by atoms with Crippen molar-refractivity contribution in [2.24, 2.45) is 0 Å². The Morgan fingerprint density at radius 1 is 1.33 bits per heavy atom. The third-order valence-corrected chi connectivity index (χ3v) is 2.77. The van der Waals surface area contributed by atoms with Crippen LogP contribution < -0.4 is 0 Å². The highest BCUT2D eigenvalue weighted by Crippen LogP contribution is 2.12. The summed E-state index contributed by atoms with van der Waals surface area (Å²) in [5.74, 6) is 3.01. The summed E-state index contributed by atoms with van der Waals surface area (Å²) in [4.78, 5) is 0. The van der Waals surface area contributed by atoms with Gasteiger partial charge in [0.25, 0.3) is 0 Å². The van der Waals surface area contributed by atoms with E-state index in [2.05, 4.69) is 51.0 Å². The van der Waals surface area contributed by atoms with Crippen LogP contribution >= 0.6 is 0 Å². The molecular weight excluding hydrogens is 200 g/mol. The first-order chi connectivity index (χ1) is 6.62. The number of allylic oxidation sites excluding steroid dienone is 2. The zero-order chi connectivity index (χ0) is 12.1. The van der Waals surface area contributed by atoms with Gasteiger partial charge in [-0.15, -0.1) is 5.54 Å². The predicted octanol–water partition coefficient (Wildman–Crippen LogP) is 3.36. The molecule has 0 saturated carbocycles. The summed E-state index contributed by atoms with van der Waals surface area (Å²) in [5, 5.41) is 10.0. The van der Waals surface area contributed by atoms with E-state index in [1.54, 1.807) is 6.92 Å². The number of rotatable bonds is 3. The van der Waals surface area contributed by atoms with Crippen molar-refractivity contribution in [1.29, 1.82) is 0 Å². The van der Waals surface area contributed by atoms with Crippen LogP contribution in [-0.4, -0.2) is 18.8 Å². The lowest BCUT2D eigenvalue weighted by Gasteiger charge is -2.16. The highest BCUT2D eigenvalue weighted by atomic mass is 28.3. The van der Waals surface area contributed by atoms with Crippen LogP contribution in [0.2, 0.25) is 19.6 Å². The van der Waals surface area contributed by atoms with Gasteiger partial charge in [-0.25, -0.2) is 0 Å². The van der Waals surface area contributed by atoms with E-state index in [1.165, 1.54) is 5.57 Å². The van der Waals surface area contributed by atoms with Crippen LogP contribution in [0.25, 0.3) is 0 Å². The van der Waals surface area contributed by atoms with Crippen molar-refractivity contribution in [2.45, 2.75) is 58.9 Å². The van der Waals surface area contributed by atoms with E-state index in [0.29, 0.717) is 0 Å². The largest absolute Gasteiger partial charge is 0.378 e. The molecule has 2 heteroatoms. The normalized spacial score (nSPS) is 14.9. The topological polar surface area (TPSA) is 20.2 Å². The van der Waals surface area contributed by atoms with Gasteiger partial charge in [0.1, 0.15) is 13.7 Å². The molecule has 0 bridgehead atoms. The Morgan fingerprint density at radius 2 is 1.87 bits per heavy atom. The van der Waals surface area contributed by atoms with Crippen LogP contribution in [0.15, 0.2) is 11.6 Å². The lowest BCUT2D eigenvalue weighted by atomic mass is 10.0. The van der Waals surface area contributed by atoms with Crippen molar-refractivity contribution >= 4 is 8.07 Å². The van der Waals surface area contributed by atoms with Crippen molar-refractivity contribution < 1.29 is 5.11 Å². The molecule has 0 rings (SSSR count). The zero-order valence-electron chi connectivity index (χ0n) is 10.9. The molecule has 0 aliphatic carbocycles. The molecule has 0 radical (unpaired) electrons. The standard InChI is InChI=1S/C13H24OSi/c1-12(2)8-7-9-13(3,14)10-11-15(4,5)6/h8,14H,7,9H2,1-6H3. The van der Waals surface area contributed by atoms with Gasteiger partial charge in [0, 0.05) is 0 Å². The molecule has 1 unspecified atom stereocenters. The second-order valence-corrected chi connectivity index (χ2v) is 10.3. The quantitative estimate of drug-likeness (QED) is 0.443. The van der Waals surface area contributed by atoms with Gasteiger partial charge in [-0.1, -0.05) is 37.2 Å². The van der Waals surface area contributed by atoms with Gasteiger partial charge in [-0.2, -0.15) is 0 Å². The highest BCUT2D eigenvalue weighted by Gasteiger charge is 2.17. The summed E-state index contributed by atoms with van der Waals surface area (Å²) >= 11 is 0. The van der Waals surface area contributed by atoms with Crippen LogP contribution in [-0.2, 0) is 0 Å². The predicted molar refractivity (Wildman–Crippen MR) is 70.4 cm³/mol. The zero-order valence-corrected chi connectivity index (χ0v) is 11.9. The summed E-state index contributed by atoms with van der Waals surface area (Å²) in [6.45, 7) is 12.5. The Labute approximate surface area is 95.6 Å². The van der Waals surface area contributed by atoms with Gasteiger partial charge in [-0.05, 0) is 33.6 Å². The molecule has 0 fully saturated rings. The van der Waals surface area contributed by atoms with Crippen LogP contribution in [0.3, 0.4) is 0 Å². The fraction of sp³-hybridized carbons (Fsp3) is 0.692. The molecule has 0 heterocycles. The highest BCUT2D eigenvalue weighted by molar-refractivity contribution is 6.83. The lowest BCUT2D eigenvalue weighted by Crippen LogP contribution is -2.24. The number of aliphatic hydroxyl groups is 1. The molecule has 15 heavy (non-hydrogen) atoms. The first-order valence-electron chi connectivity index (χ1n) is 5.52. The average Bonchev–Trinajstić information content (AvgIpc) is 1.99. The van der Waals surface area contributed by atoms with Crippen LogP contribution in [0.4, 0.5) is 0 Å². The van der Waals surface area contributed by atoms with Gasteiger partial charge in [-0.3, -0.25) is 0 Å². The fourth-order valence-electron chi connectivity index (χ4n) is 1.03. The number of hydrogen-bond donors (Lipinski definition) is 1. The minimum absolute atomic E-state index is 0.718. The molecule has 0 aliphatic rings. The van der Waals surface area contributed by atoms with E-state index in [9.17, 15) is 5.11 Å². The Hall–Kier alpha value is -0.523. The van der Waals surface area contributed by atoms with E-state index in [1.807, 2.05) is 0 Å². The second-order valence-electron chi connectivity index (χ2n) is 5.59. The molecule has 0 aromatic rings. The first-order valence-corrected chi connectivity index (χ1v) is 9.02. The molecule has 1 nitrogen and oxygen atoms in total. The molecular formula is C13H24OSi. The van der Waals surface area contributed by atoms with Gasteiger partial charge >= 0.3 is 0 Å². The third kappa shape index (κ3) is 9.77. The molecule has 0 saturated heterocycles. The van der Waals surface area contributed by atoms with Crippen molar-refractivity contribution in [2.75, 3.05) is 0 Å². The number of hydrogen-bond acceptors (Lipinski definition) is 1. The smallest absolute Gasteiger partial charge is 0.129 e. The summed E-state index contributed by atoms with van der Waals surface area (Å²) in [6.07, 6.45) is 3.76. The van der Waals surface area contributed by atoms with E-state index in [0.717, 1.165) is 12.8 Å². The maximum Gasteiger partial charge on any atom is 0.129 e. The van der Waals surface area contributed by atoms with Crippen molar-refractivity contribution in [3.05, 3.63) is 11.6 Å². The molecule has 0 aromatic carbocycles. The first kappa shape index (κ1) is 14.5. The average molecular weight is 224 g/mol. The fourth-order valence-corrected chi connectivity index (χ4v) is 1.67.